The normalized spacial score (nSPS) is 10.4. The van der Waals surface area contributed by atoms with E-state index in [1.165, 1.54) is 0 Å². The number of halogens is 2. The van der Waals surface area contributed by atoms with Crippen molar-refractivity contribution in [3.63, 3.8) is 0 Å². The van der Waals surface area contributed by atoms with Gasteiger partial charge in [0.2, 0.25) is 0 Å². The summed E-state index contributed by atoms with van der Waals surface area (Å²) in [5.74, 6) is -2.42. The fraction of sp³-hybridized carbons (Fsp3) is 0.125. The van der Waals surface area contributed by atoms with Crippen molar-refractivity contribution in [2.24, 2.45) is 5.73 Å². The van der Waals surface area contributed by atoms with Gasteiger partial charge in [0.25, 0.3) is 5.76 Å². The predicted octanol–water partition coefficient (Wildman–Crippen LogP) is 2.64. The van der Waals surface area contributed by atoms with Gasteiger partial charge in [0.15, 0.2) is 0 Å². The number of benzene rings is 1. The molecule has 0 heterocycles. The lowest BCUT2D eigenvalue weighted by Gasteiger charge is -2.02. The zero-order valence-corrected chi connectivity index (χ0v) is 8.17. The highest BCUT2D eigenvalue weighted by Gasteiger charge is 2.05. The molecule has 1 nitrogen and oxygen atoms in total. The molecule has 1 rings (SSSR count). The molecular weight excluding hydrogens is 212 g/mol. The number of rotatable bonds is 3. The highest BCUT2D eigenvalue weighted by atomic mass is 32.2. The van der Waals surface area contributed by atoms with E-state index in [-0.39, 0.29) is 4.99 Å². The quantitative estimate of drug-likeness (QED) is 0.625. The summed E-state index contributed by atoms with van der Waals surface area (Å²) in [6.45, 7) is 0. The third-order valence-corrected chi connectivity index (χ3v) is 2.28. The fourth-order valence-corrected chi connectivity index (χ4v) is 1.51. The second kappa shape index (κ2) is 4.53. The highest BCUT2D eigenvalue weighted by molar-refractivity contribution is 7.99. The number of nitrogens with two attached hydrogens (primary N) is 1. The van der Waals surface area contributed by atoms with E-state index in [0.29, 0.717) is 22.2 Å². The summed E-state index contributed by atoms with van der Waals surface area (Å²) < 4.78 is 23.9. The molecule has 0 saturated heterocycles. The van der Waals surface area contributed by atoms with Crippen LogP contribution in [-0.4, -0.2) is 10.7 Å². The summed E-state index contributed by atoms with van der Waals surface area (Å²) in [7, 11) is 0. The monoisotopic (exact) mass is 219 g/mol. The number of alkyl halides is 2. The molecule has 13 heavy (non-hydrogen) atoms. The largest absolute Gasteiger partial charge is 0.389 e. The molecule has 0 unspecified atom stereocenters. The molecule has 1 aromatic carbocycles. The minimum Gasteiger partial charge on any atom is -0.389 e. The van der Waals surface area contributed by atoms with E-state index >= 15 is 0 Å². The molecule has 0 radical (unpaired) electrons. The lowest BCUT2D eigenvalue weighted by molar-refractivity contribution is 0.252. The molecule has 1 aromatic rings. The highest BCUT2D eigenvalue weighted by Crippen LogP contribution is 2.25. The lowest BCUT2D eigenvalue weighted by atomic mass is 10.2. The first-order chi connectivity index (χ1) is 6.09. The van der Waals surface area contributed by atoms with E-state index in [9.17, 15) is 8.78 Å². The van der Waals surface area contributed by atoms with Crippen LogP contribution in [0.5, 0.6) is 0 Å². The molecule has 0 fully saturated rings. The lowest BCUT2D eigenvalue weighted by Crippen LogP contribution is -2.08. The molecule has 0 atom stereocenters. The van der Waals surface area contributed by atoms with Crippen molar-refractivity contribution in [2.45, 2.75) is 10.7 Å². The molecule has 0 amide bonds. The average molecular weight is 219 g/mol. The SMILES string of the molecule is NC(=S)c1cccc(SC(F)F)c1. The number of thiocarbonyl (C=S) groups is 1. The van der Waals surface area contributed by atoms with Gasteiger partial charge in [-0.2, -0.15) is 8.78 Å². The Kier molecular flexibility index (Phi) is 3.62. The van der Waals surface area contributed by atoms with E-state index in [2.05, 4.69) is 0 Å². The molecule has 0 bridgehead atoms. The minimum atomic E-state index is -2.42. The Bertz CT molecular complexity index is 315. The predicted molar refractivity (Wildman–Crippen MR) is 54.2 cm³/mol. The molecule has 5 heteroatoms. The van der Waals surface area contributed by atoms with Crippen molar-refractivity contribution in [2.75, 3.05) is 0 Å². The van der Waals surface area contributed by atoms with Gasteiger partial charge in [-0.15, -0.1) is 0 Å². The topological polar surface area (TPSA) is 26.0 Å². The second-order valence-electron chi connectivity index (χ2n) is 2.27. The van der Waals surface area contributed by atoms with Gasteiger partial charge in [-0.3, -0.25) is 0 Å². The summed E-state index contributed by atoms with van der Waals surface area (Å²) in [6, 6.07) is 6.49. The van der Waals surface area contributed by atoms with Gasteiger partial charge in [0.05, 0.1) is 0 Å². The van der Waals surface area contributed by atoms with Crippen LogP contribution in [-0.2, 0) is 0 Å². The van der Waals surface area contributed by atoms with Crippen LogP contribution in [0.25, 0.3) is 0 Å². The van der Waals surface area contributed by atoms with Crippen LogP contribution in [0.1, 0.15) is 5.56 Å². The van der Waals surface area contributed by atoms with E-state index in [1.807, 2.05) is 0 Å². The van der Waals surface area contributed by atoms with Crippen molar-refractivity contribution < 1.29 is 8.78 Å². The first-order valence-electron chi connectivity index (χ1n) is 3.44. The summed E-state index contributed by atoms with van der Waals surface area (Å²) in [6.07, 6.45) is 0. The van der Waals surface area contributed by atoms with E-state index in [0.717, 1.165) is 0 Å². The first kappa shape index (κ1) is 10.4. The summed E-state index contributed by atoms with van der Waals surface area (Å²) in [4.78, 5) is 0.692. The van der Waals surface area contributed by atoms with Crippen molar-refractivity contribution in [1.82, 2.24) is 0 Å². The molecule has 0 aliphatic rings. The molecule has 0 aliphatic heterocycles. The van der Waals surface area contributed by atoms with Gasteiger partial charge >= 0.3 is 0 Å². The average Bonchev–Trinajstić information content (AvgIpc) is 2.03. The maximum Gasteiger partial charge on any atom is 0.288 e. The van der Waals surface area contributed by atoms with E-state index in [1.54, 1.807) is 24.3 Å². The summed E-state index contributed by atoms with van der Waals surface area (Å²) in [5, 5.41) is 0. The van der Waals surface area contributed by atoms with Crippen LogP contribution in [0.3, 0.4) is 0 Å². The van der Waals surface area contributed by atoms with Gasteiger partial charge < -0.3 is 5.73 Å². The third-order valence-electron chi connectivity index (χ3n) is 1.34. The molecule has 0 aromatic heterocycles. The van der Waals surface area contributed by atoms with E-state index < -0.39 is 5.76 Å². The Morgan fingerprint density at radius 3 is 2.69 bits per heavy atom. The van der Waals surface area contributed by atoms with Crippen molar-refractivity contribution in [3.05, 3.63) is 29.8 Å². The fourth-order valence-electron chi connectivity index (χ4n) is 0.826. The molecule has 0 spiro atoms. The van der Waals surface area contributed by atoms with Crippen molar-refractivity contribution in [1.29, 1.82) is 0 Å². The molecule has 0 saturated carbocycles. The van der Waals surface area contributed by atoms with Crippen molar-refractivity contribution in [3.8, 4) is 0 Å². The molecule has 70 valence electrons. The van der Waals surface area contributed by atoms with Crippen LogP contribution in [0, 0.1) is 0 Å². The van der Waals surface area contributed by atoms with Crippen LogP contribution in [0.4, 0.5) is 8.78 Å². The van der Waals surface area contributed by atoms with Crippen LogP contribution < -0.4 is 5.73 Å². The van der Waals surface area contributed by atoms with E-state index in [4.69, 9.17) is 18.0 Å². The number of hydrogen-bond acceptors (Lipinski definition) is 2. The van der Waals surface area contributed by atoms with Crippen LogP contribution >= 0.6 is 24.0 Å². The number of thioether (sulfide) groups is 1. The maximum absolute atomic E-state index is 12.0. The van der Waals surface area contributed by atoms with Crippen molar-refractivity contribution >= 4 is 29.0 Å². The second-order valence-corrected chi connectivity index (χ2v) is 3.77. The zero-order valence-electron chi connectivity index (χ0n) is 6.54. The Balaban J connectivity index is 2.85. The van der Waals surface area contributed by atoms with Crippen LogP contribution in [0.2, 0.25) is 0 Å². The van der Waals surface area contributed by atoms with Gasteiger partial charge in [0, 0.05) is 10.5 Å². The summed E-state index contributed by atoms with van der Waals surface area (Å²) in [5.41, 5.74) is 5.96. The Morgan fingerprint density at radius 1 is 1.46 bits per heavy atom. The Hall–Kier alpha value is -0.680. The Morgan fingerprint density at radius 2 is 2.15 bits per heavy atom. The van der Waals surface area contributed by atoms with Gasteiger partial charge in [0.1, 0.15) is 4.99 Å². The van der Waals surface area contributed by atoms with Gasteiger partial charge in [-0.05, 0) is 12.1 Å². The minimum absolute atomic E-state index is 0.219. The van der Waals surface area contributed by atoms with Gasteiger partial charge in [-0.25, -0.2) is 0 Å². The Labute approximate surface area is 84.3 Å². The molecule has 2 N–H and O–H groups in total. The maximum atomic E-state index is 12.0. The number of hydrogen-bond donors (Lipinski definition) is 1. The zero-order chi connectivity index (χ0) is 9.84. The third kappa shape index (κ3) is 3.28. The first-order valence-corrected chi connectivity index (χ1v) is 4.73. The standard InChI is InChI=1S/C8H7F2NS2/c9-8(10)13-6-3-1-2-5(4-6)7(11)12/h1-4,8H,(H2,11,12). The summed E-state index contributed by atoms with van der Waals surface area (Å²) >= 11 is 5.20. The van der Waals surface area contributed by atoms with Gasteiger partial charge in [-0.1, -0.05) is 36.1 Å². The van der Waals surface area contributed by atoms with Crippen LogP contribution in [0.15, 0.2) is 29.2 Å². The molecule has 0 aliphatic carbocycles. The smallest absolute Gasteiger partial charge is 0.288 e. The molecular formula is C8H7F2NS2.